The smallest absolute Gasteiger partial charge is 0.265 e. The van der Waals surface area contributed by atoms with Crippen LogP contribution in [0.1, 0.15) is 36.1 Å². The summed E-state index contributed by atoms with van der Waals surface area (Å²) in [6, 6.07) is 13.9. The Morgan fingerprint density at radius 2 is 1.92 bits per heavy atom. The van der Waals surface area contributed by atoms with Crippen LogP contribution in [0.3, 0.4) is 0 Å². The molecular weight excluding hydrogens is 302 g/mol. The highest BCUT2D eigenvalue weighted by molar-refractivity contribution is 5.82. The van der Waals surface area contributed by atoms with Crippen LogP contribution in [0.15, 0.2) is 42.5 Å². The number of aryl methyl sites for hydroxylation is 2. The van der Waals surface area contributed by atoms with Crippen molar-refractivity contribution in [1.82, 2.24) is 5.32 Å². The molecule has 0 unspecified atom stereocenters. The van der Waals surface area contributed by atoms with Crippen LogP contribution in [-0.4, -0.2) is 18.6 Å². The van der Waals surface area contributed by atoms with Crippen molar-refractivity contribution in [2.24, 2.45) is 0 Å². The number of ether oxygens (including phenoxy) is 2. The van der Waals surface area contributed by atoms with Crippen LogP contribution < -0.4 is 14.8 Å². The van der Waals surface area contributed by atoms with Gasteiger partial charge in [0.15, 0.2) is 11.5 Å². The van der Waals surface area contributed by atoms with Crippen LogP contribution in [0.2, 0.25) is 0 Å². The van der Waals surface area contributed by atoms with Crippen LogP contribution in [0, 0.1) is 0 Å². The van der Waals surface area contributed by atoms with E-state index in [1.807, 2.05) is 31.2 Å². The molecular formula is C20H21NO3. The average molecular weight is 323 g/mol. The molecule has 2 aromatic carbocycles. The van der Waals surface area contributed by atoms with Gasteiger partial charge in [0.2, 0.25) is 6.10 Å². The Kier molecular flexibility index (Phi) is 3.89. The third-order valence-corrected chi connectivity index (χ3v) is 4.78. The van der Waals surface area contributed by atoms with Crippen molar-refractivity contribution in [2.45, 2.75) is 38.3 Å². The maximum atomic E-state index is 12.5. The number of amides is 1. The number of para-hydroxylation sites is 2. The number of hydrogen-bond acceptors (Lipinski definition) is 3. The SMILES string of the molecule is C[C@@H](NC(=O)[C@H]1COc2ccccc2O1)c1ccc2c(c1)CCC2. The summed E-state index contributed by atoms with van der Waals surface area (Å²) in [4.78, 5) is 12.5. The summed E-state index contributed by atoms with van der Waals surface area (Å²) >= 11 is 0. The maximum absolute atomic E-state index is 12.5. The van der Waals surface area contributed by atoms with Gasteiger partial charge in [0.25, 0.3) is 5.91 Å². The van der Waals surface area contributed by atoms with Crippen LogP contribution in [0.4, 0.5) is 0 Å². The number of fused-ring (bicyclic) bond motifs is 2. The molecule has 0 saturated carbocycles. The standard InChI is InChI=1S/C20H21NO3/c1-13(15-10-9-14-5-4-6-16(14)11-15)21-20(22)19-12-23-17-7-2-3-8-18(17)24-19/h2-3,7-11,13,19H,4-6,12H2,1H3,(H,21,22)/t13-,19-/m1/s1. The van der Waals surface area contributed by atoms with Crippen molar-refractivity contribution < 1.29 is 14.3 Å². The number of benzene rings is 2. The lowest BCUT2D eigenvalue weighted by atomic mass is 10.0. The van der Waals surface area contributed by atoms with E-state index in [2.05, 4.69) is 23.5 Å². The number of rotatable bonds is 3. The molecule has 1 aliphatic carbocycles. The van der Waals surface area contributed by atoms with Crippen molar-refractivity contribution in [3.63, 3.8) is 0 Å². The number of nitrogens with one attached hydrogen (secondary N) is 1. The van der Waals surface area contributed by atoms with Gasteiger partial charge in [-0.3, -0.25) is 4.79 Å². The van der Waals surface area contributed by atoms with Crippen molar-refractivity contribution in [2.75, 3.05) is 6.61 Å². The molecule has 0 aromatic heterocycles. The van der Waals surface area contributed by atoms with Gasteiger partial charge in [0.05, 0.1) is 6.04 Å². The van der Waals surface area contributed by atoms with Crippen LogP contribution >= 0.6 is 0 Å². The van der Waals surface area contributed by atoms with Crippen LogP contribution in [0.25, 0.3) is 0 Å². The van der Waals surface area contributed by atoms with Crippen molar-refractivity contribution >= 4 is 5.91 Å². The van der Waals surface area contributed by atoms with Crippen molar-refractivity contribution in [3.8, 4) is 11.5 Å². The van der Waals surface area contributed by atoms with Crippen molar-refractivity contribution in [3.05, 3.63) is 59.2 Å². The predicted molar refractivity (Wildman–Crippen MR) is 91.4 cm³/mol. The minimum absolute atomic E-state index is 0.0517. The Labute approximate surface area is 141 Å². The Hall–Kier alpha value is -2.49. The van der Waals surface area contributed by atoms with E-state index in [-0.39, 0.29) is 18.6 Å². The normalized spacial score (nSPS) is 19.5. The third-order valence-electron chi connectivity index (χ3n) is 4.78. The summed E-state index contributed by atoms with van der Waals surface area (Å²) in [5.74, 6) is 1.17. The Morgan fingerprint density at radius 1 is 1.12 bits per heavy atom. The second-order valence-electron chi connectivity index (χ2n) is 6.48. The summed E-state index contributed by atoms with van der Waals surface area (Å²) in [6.45, 7) is 2.24. The van der Waals surface area contributed by atoms with E-state index in [9.17, 15) is 4.79 Å². The summed E-state index contributed by atoms with van der Waals surface area (Å²) in [5, 5.41) is 3.04. The molecule has 2 atom stereocenters. The van der Waals surface area contributed by atoms with E-state index in [1.165, 1.54) is 24.0 Å². The molecule has 124 valence electrons. The Balaban J connectivity index is 1.43. The first-order valence-electron chi connectivity index (χ1n) is 8.51. The molecule has 24 heavy (non-hydrogen) atoms. The van der Waals surface area contributed by atoms with E-state index in [1.54, 1.807) is 0 Å². The van der Waals surface area contributed by atoms with E-state index < -0.39 is 6.10 Å². The minimum Gasteiger partial charge on any atom is -0.485 e. The number of hydrogen-bond donors (Lipinski definition) is 1. The highest BCUT2D eigenvalue weighted by atomic mass is 16.6. The third kappa shape index (κ3) is 2.84. The molecule has 1 aliphatic heterocycles. The van der Waals surface area contributed by atoms with E-state index in [0.717, 1.165) is 12.0 Å². The molecule has 0 bridgehead atoms. The van der Waals surface area contributed by atoms with Gasteiger partial charge in [-0.2, -0.15) is 0 Å². The van der Waals surface area contributed by atoms with Gasteiger partial charge in [0.1, 0.15) is 6.61 Å². The lowest BCUT2D eigenvalue weighted by Gasteiger charge is -2.27. The van der Waals surface area contributed by atoms with Gasteiger partial charge in [-0.25, -0.2) is 0 Å². The highest BCUT2D eigenvalue weighted by Crippen LogP contribution is 2.31. The van der Waals surface area contributed by atoms with Crippen molar-refractivity contribution in [1.29, 1.82) is 0 Å². The van der Waals surface area contributed by atoms with E-state index in [0.29, 0.717) is 11.5 Å². The monoisotopic (exact) mass is 323 g/mol. The zero-order chi connectivity index (χ0) is 16.5. The molecule has 1 heterocycles. The van der Waals surface area contributed by atoms with Gasteiger partial charge in [-0.05, 0) is 55.0 Å². The second-order valence-corrected chi connectivity index (χ2v) is 6.48. The van der Waals surface area contributed by atoms with E-state index in [4.69, 9.17) is 9.47 Å². The maximum Gasteiger partial charge on any atom is 0.265 e. The first-order chi connectivity index (χ1) is 11.7. The fourth-order valence-electron chi connectivity index (χ4n) is 3.40. The molecule has 0 radical (unpaired) electrons. The van der Waals surface area contributed by atoms with Gasteiger partial charge in [-0.1, -0.05) is 30.3 Å². The predicted octanol–water partition coefficient (Wildman–Crippen LogP) is 3.19. The van der Waals surface area contributed by atoms with Crippen LogP contribution in [-0.2, 0) is 17.6 Å². The van der Waals surface area contributed by atoms with Gasteiger partial charge in [-0.15, -0.1) is 0 Å². The first kappa shape index (κ1) is 15.1. The zero-order valence-corrected chi connectivity index (χ0v) is 13.7. The molecule has 4 nitrogen and oxygen atoms in total. The topological polar surface area (TPSA) is 47.6 Å². The molecule has 2 aliphatic rings. The van der Waals surface area contributed by atoms with Gasteiger partial charge < -0.3 is 14.8 Å². The fourth-order valence-corrected chi connectivity index (χ4v) is 3.40. The molecule has 4 heteroatoms. The highest BCUT2D eigenvalue weighted by Gasteiger charge is 2.28. The first-order valence-corrected chi connectivity index (χ1v) is 8.51. The quantitative estimate of drug-likeness (QED) is 0.943. The molecule has 0 fully saturated rings. The zero-order valence-electron chi connectivity index (χ0n) is 13.7. The molecule has 2 aromatic rings. The summed E-state index contributed by atoms with van der Waals surface area (Å²) in [7, 11) is 0. The van der Waals surface area contributed by atoms with Gasteiger partial charge in [0, 0.05) is 0 Å². The molecule has 1 N–H and O–H groups in total. The van der Waals surface area contributed by atoms with Gasteiger partial charge >= 0.3 is 0 Å². The molecule has 1 amide bonds. The summed E-state index contributed by atoms with van der Waals surface area (Å²) in [5.41, 5.74) is 4.00. The second kappa shape index (κ2) is 6.19. The lowest BCUT2D eigenvalue weighted by Crippen LogP contribution is -2.44. The Bertz CT molecular complexity index is 771. The Morgan fingerprint density at radius 3 is 2.79 bits per heavy atom. The average Bonchev–Trinajstić information content (AvgIpc) is 3.08. The minimum atomic E-state index is -0.614. The van der Waals surface area contributed by atoms with E-state index >= 15 is 0 Å². The summed E-state index contributed by atoms with van der Waals surface area (Å²) < 4.78 is 11.4. The molecule has 0 saturated heterocycles. The fraction of sp³-hybridized carbons (Fsp3) is 0.350. The molecule has 0 spiro atoms. The number of carbonyl (C=O) groups is 1. The lowest BCUT2D eigenvalue weighted by molar-refractivity contribution is -0.131. The summed E-state index contributed by atoms with van der Waals surface area (Å²) in [6.07, 6.45) is 2.92. The van der Waals surface area contributed by atoms with Crippen LogP contribution in [0.5, 0.6) is 11.5 Å². The largest absolute Gasteiger partial charge is 0.485 e. The number of carbonyl (C=O) groups excluding carboxylic acids is 1. The molecule has 4 rings (SSSR count).